The first-order chi connectivity index (χ1) is 10.9. The van der Waals surface area contributed by atoms with Crippen LogP contribution in [0.25, 0.3) is 0 Å². The number of nitrogens with zero attached hydrogens (tertiary/aromatic N) is 1. The summed E-state index contributed by atoms with van der Waals surface area (Å²) in [7, 11) is 0. The minimum absolute atomic E-state index is 0.0386. The van der Waals surface area contributed by atoms with Crippen LogP contribution in [0.3, 0.4) is 0 Å². The zero-order valence-corrected chi connectivity index (χ0v) is 14.0. The van der Waals surface area contributed by atoms with Gasteiger partial charge in [0.1, 0.15) is 11.4 Å². The monoisotopic (exact) mass is 313 g/mol. The van der Waals surface area contributed by atoms with Crippen LogP contribution in [0, 0.1) is 13.8 Å². The lowest BCUT2D eigenvalue weighted by atomic mass is 9.81. The number of carbonyl (C=O) groups is 2. The number of likely N-dealkylation sites (tertiary alicyclic amines) is 1. The second kappa shape index (κ2) is 5.84. The third-order valence-electron chi connectivity index (χ3n) is 4.82. The number of benzene rings is 1. The molecular weight excluding hydrogens is 290 g/mol. The van der Waals surface area contributed by atoms with Gasteiger partial charge in [0.05, 0.1) is 12.0 Å². The highest BCUT2D eigenvalue weighted by Crippen LogP contribution is 2.41. The number of Topliss-reactive ketones (excluding diaryl/α,β-unsaturated/α-hetero) is 1. The predicted molar refractivity (Wildman–Crippen MR) is 88.9 cm³/mol. The number of piperidine rings is 1. The number of hydrogen-bond donors (Lipinski definition) is 0. The van der Waals surface area contributed by atoms with Gasteiger partial charge in [-0.1, -0.05) is 12.1 Å². The Labute approximate surface area is 137 Å². The van der Waals surface area contributed by atoms with Gasteiger partial charge >= 0.3 is 0 Å². The van der Waals surface area contributed by atoms with E-state index in [1.807, 2.05) is 31.7 Å². The maximum absolute atomic E-state index is 12.6. The number of ether oxygens (including phenoxy) is 1. The van der Waals surface area contributed by atoms with Gasteiger partial charge in [0.15, 0.2) is 5.78 Å². The molecule has 122 valence electrons. The van der Waals surface area contributed by atoms with Gasteiger partial charge in [-0.2, -0.15) is 0 Å². The average molecular weight is 313 g/mol. The standard InChI is InChI=1S/C19H23NO3/c1-4-5-17(22)20-8-6-19(7-9-20)12-16(21)15-11-13(2)10-14(3)18(15)23-19/h4-5,10-11H,6-9,12H2,1-3H3/b5-4+. The van der Waals surface area contributed by atoms with Crippen LogP contribution in [0.2, 0.25) is 0 Å². The highest BCUT2D eigenvalue weighted by molar-refractivity contribution is 6.01. The number of allylic oxidation sites excluding steroid dienone is 1. The van der Waals surface area contributed by atoms with Crippen LogP contribution >= 0.6 is 0 Å². The Morgan fingerprint density at radius 3 is 2.61 bits per heavy atom. The lowest BCUT2D eigenvalue weighted by Crippen LogP contribution is -2.52. The van der Waals surface area contributed by atoms with Crippen LogP contribution in [0.5, 0.6) is 5.75 Å². The molecule has 2 heterocycles. The van der Waals surface area contributed by atoms with E-state index in [2.05, 4.69) is 6.07 Å². The minimum atomic E-state index is -0.448. The molecule has 1 fully saturated rings. The van der Waals surface area contributed by atoms with Crippen molar-refractivity contribution in [1.29, 1.82) is 0 Å². The summed E-state index contributed by atoms with van der Waals surface area (Å²) in [5.74, 6) is 0.933. The zero-order valence-electron chi connectivity index (χ0n) is 14.0. The van der Waals surface area contributed by atoms with Crippen molar-refractivity contribution >= 4 is 11.7 Å². The molecule has 0 unspecified atom stereocenters. The molecule has 0 bridgehead atoms. The van der Waals surface area contributed by atoms with Crippen LogP contribution in [-0.2, 0) is 4.79 Å². The number of fused-ring (bicyclic) bond motifs is 1. The van der Waals surface area contributed by atoms with Gasteiger partial charge in [0.25, 0.3) is 0 Å². The van der Waals surface area contributed by atoms with Crippen molar-refractivity contribution in [2.24, 2.45) is 0 Å². The van der Waals surface area contributed by atoms with Gasteiger partial charge in [-0.15, -0.1) is 0 Å². The summed E-state index contributed by atoms with van der Waals surface area (Å²) in [5, 5.41) is 0. The first-order valence-corrected chi connectivity index (χ1v) is 8.19. The van der Waals surface area contributed by atoms with E-state index in [0.717, 1.165) is 16.9 Å². The van der Waals surface area contributed by atoms with Crippen LogP contribution in [0.1, 0.15) is 47.7 Å². The van der Waals surface area contributed by atoms with Crippen molar-refractivity contribution in [3.05, 3.63) is 41.0 Å². The van der Waals surface area contributed by atoms with E-state index < -0.39 is 5.60 Å². The highest BCUT2D eigenvalue weighted by Gasteiger charge is 2.43. The molecule has 2 aliphatic rings. The summed E-state index contributed by atoms with van der Waals surface area (Å²) in [6.07, 6.45) is 5.17. The minimum Gasteiger partial charge on any atom is -0.486 e. The maximum Gasteiger partial charge on any atom is 0.246 e. The summed E-state index contributed by atoms with van der Waals surface area (Å²) in [5.41, 5.74) is 2.36. The molecule has 0 N–H and O–H groups in total. The summed E-state index contributed by atoms with van der Waals surface area (Å²) in [6, 6.07) is 3.97. The van der Waals surface area contributed by atoms with Gasteiger partial charge in [0, 0.05) is 25.9 Å². The molecule has 0 atom stereocenters. The Morgan fingerprint density at radius 2 is 1.96 bits per heavy atom. The van der Waals surface area contributed by atoms with Crippen LogP contribution < -0.4 is 4.74 Å². The van der Waals surface area contributed by atoms with E-state index >= 15 is 0 Å². The molecule has 4 nitrogen and oxygen atoms in total. The van der Waals surface area contributed by atoms with E-state index in [9.17, 15) is 9.59 Å². The third-order valence-corrected chi connectivity index (χ3v) is 4.82. The number of ketones is 1. The van der Waals surface area contributed by atoms with Gasteiger partial charge in [-0.25, -0.2) is 0 Å². The summed E-state index contributed by atoms with van der Waals surface area (Å²) >= 11 is 0. The van der Waals surface area contributed by atoms with Crippen molar-refractivity contribution in [1.82, 2.24) is 4.90 Å². The van der Waals surface area contributed by atoms with Crippen molar-refractivity contribution in [3.8, 4) is 5.75 Å². The second-order valence-corrected chi connectivity index (χ2v) is 6.67. The normalized spacial score (nSPS) is 19.8. The van der Waals surface area contributed by atoms with Gasteiger partial charge in [-0.05, 0) is 44.0 Å². The Hall–Kier alpha value is -2.10. The van der Waals surface area contributed by atoms with Crippen molar-refractivity contribution < 1.29 is 14.3 Å². The number of carbonyl (C=O) groups excluding carboxylic acids is 2. The fourth-order valence-electron chi connectivity index (χ4n) is 3.60. The second-order valence-electron chi connectivity index (χ2n) is 6.67. The first-order valence-electron chi connectivity index (χ1n) is 8.19. The molecule has 1 amide bonds. The lowest BCUT2D eigenvalue weighted by Gasteiger charge is -2.44. The zero-order chi connectivity index (χ0) is 16.6. The Bertz CT molecular complexity index is 682. The molecule has 3 rings (SSSR count). The quantitative estimate of drug-likeness (QED) is 0.748. The van der Waals surface area contributed by atoms with E-state index in [-0.39, 0.29) is 11.7 Å². The fourth-order valence-corrected chi connectivity index (χ4v) is 3.60. The van der Waals surface area contributed by atoms with Crippen molar-refractivity contribution in [2.45, 2.75) is 45.6 Å². The Morgan fingerprint density at radius 1 is 1.26 bits per heavy atom. The summed E-state index contributed by atoms with van der Waals surface area (Å²) in [6.45, 7) is 7.10. The molecule has 1 saturated heterocycles. The molecule has 2 aliphatic heterocycles. The SMILES string of the molecule is C/C=C/C(=O)N1CCC2(CC1)CC(=O)c1cc(C)cc(C)c1O2. The van der Waals surface area contributed by atoms with Gasteiger partial charge in [-0.3, -0.25) is 9.59 Å². The molecule has 1 aromatic carbocycles. The molecule has 0 radical (unpaired) electrons. The molecular formula is C19H23NO3. The summed E-state index contributed by atoms with van der Waals surface area (Å²) in [4.78, 5) is 26.4. The number of amides is 1. The first kappa shape index (κ1) is 15.8. The average Bonchev–Trinajstić information content (AvgIpc) is 2.50. The van der Waals surface area contributed by atoms with Crippen LogP contribution in [0.4, 0.5) is 0 Å². The number of hydrogen-bond acceptors (Lipinski definition) is 3. The third kappa shape index (κ3) is 2.90. The molecule has 23 heavy (non-hydrogen) atoms. The number of rotatable bonds is 1. The molecule has 0 aromatic heterocycles. The maximum atomic E-state index is 12.6. The molecule has 0 aliphatic carbocycles. The van der Waals surface area contributed by atoms with E-state index in [4.69, 9.17) is 4.74 Å². The summed E-state index contributed by atoms with van der Waals surface area (Å²) < 4.78 is 6.33. The van der Waals surface area contributed by atoms with Crippen LogP contribution in [-0.4, -0.2) is 35.3 Å². The molecule has 0 saturated carbocycles. The predicted octanol–water partition coefficient (Wildman–Crippen LogP) is 3.21. The van der Waals surface area contributed by atoms with E-state index in [1.54, 1.807) is 12.2 Å². The fraction of sp³-hybridized carbons (Fsp3) is 0.474. The van der Waals surface area contributed by atoms with E-state index in [1.165, 1.54) is 0 Å². The topological polar surface area (TPSA) is 46.6 Å². The van der Waals surface area contributed by atoms with Gasteiger partial charge in [0.2, 0.25) is 5.91 Å². The smallest absolute Gasteiger partial charge is 0.246 e. The van der Waals surface area contributed by atoms with E-state index in [0.29, 0.717) is 37.9 Å². The Kier molecular flexibility index (Phi) is 4.00. The highest BCUT2D eigenvalue weighted by atomic mass is 16.5. The number of aryl methyl sites for hydroxylation is 2. The van der Waals surface area contributed by atoms with Crippen LogP contribution in [0.15, 0.2) is 24.3 Å². The van der Waals surface area contributed by atoms with Crippen molar-refractivity contribution in [3.63, 3.8) is 0 Å². The molecule has 1 spiro atoms. The molecule has 4 heteroatoms. The van der Waals surface area contributed by atoms with Crippen molar-refractivity contribution in [2.75, 3.05) is 13.1 Å². The lowest BCUT2D eigenvalue weighted by molar-refractivity contribution is -0.129. The molecule has 1 aromatic rings. The Balaban J connectivity index is 1.81. The largest absolute Gasteiger partial charge is 0.486 e. The van der Waals surface area contributed by atoms with Gasteiger partial charge < -0.3 is 9.64 Å².